The molecule has 0 saturated heterocycles. The highest BCUT2D eigenvalue weighted by Crippen LogP contribution is 2.49. The Bertz CT molecular complexity index is 3550. The molecule has 69 heavy (non-hydrogen) atoms. The minimum atomic E-state index is -0.00753. The summed E-state index contributed by atoms with van der Waals surface area (Å²) < 4.78 is 2.65. The largest absolute Gasteiger partial charge is 0.355 e. The van der Waals surface area contributed by atoms with Crippen molar-refractivity contribution in [3.63, 3.8) is 0 Å². The van der Waals surface area contributed by atoms with Crippen LogP contribution in [-0.4, -0.2) is 6.71 Å². The molecule has 0 unspecified atom stereocenters. The Morgan fingerprint density at radius 1 is 0.464 bits per heavy atom. The van der Waals surface area contributed by atoms with Crippen molar-refractivity contribution in [2.45, 2.75) is 52.4 Å². The van der Waals surface area contributed by atoms with Gasteiger partial charge < -0.3 is 15.1 Å². The first-order valence-electron chi connectivity index (χ1n) is 24.2. The van der Waals surface area contributed by atoms with E-state index in [0.717, 1.165) is 28.4 Å². The Hall–Kier alpha value is -7.60. The van der Waals surface area contributed by atoms with Gasteiger partial charge in [0.2, 0.25) is 0 Å². The van der Waals surface area contributed by atoms with Crippen molar-refractivity contribution >= 4 is 89.3 Å². The van der Waals surface area contributed by atoms with E-state index in [9.17, 15) is 0 Å². The zero-order valence-corrected chi connectivity index (χ0v) is 40.9. The van der Waals surface area contributed by atoms with Crippen LogP contribution in [0.1, 0.15) is 52.7 Å². The highest BCUT2D eigenvalue weighted by Gasteiger charge is 2.43. The predicted octanol–water partition coefficient (Wildman–Crippen LogP) is 16.3. The second-order valence-electron chi connectivity index (χ2n) is 20.7. The van der Waals surface area contributed by atoms with Crippen LogP contribution in [0, 0.1) is 0 Å². The van der Waals surface area contributed by atoms with E-state index in [1.807, 2.05) is 11.3 Å². The number of thiophene rings is 1. The SMILES string of the molecule is CC(C)(C)c1ccc(N(c2ccc3c(c2)N(c2ccccc2-c2ccccc2)c2cc(-c4ccccc4)cc4c2B3c2sc3ccc(C(C)(C)C)cc3c2N4)c2ccccc2-c2ccccc2)cc1. The molecular formula is C64H54BN3S. The van der Waals surface area contributed by atoms with Crippen molar-refractivity contribution in [1.82, 2.24) is 0 Å². The molecule has 0 saturated carbocycles. The van der Waals surface area contributed by atoms with Crippen molar-refractivity contribution in [1.29, 1.82) is 0 Å². The third-order valence-corrected chi connectivity index (χ3v) is 15.4. The second kappa shape index (κ2) is 16.6. The fraction of sp³-hybridized carbons (Fsp3) is 0.125. The summed E-state index contributed by atoms with van der Waals surface area (Å²) in [6, 6.07) is 78.8. The third kappa shape index (κ3) is 7.44. The van der Waals surface area contributed by atoms with Gasteiger partial charge in [-0.1, -0.05) is 193 Å². The summed E-state index contributed by atoms with van der Waals surface area (Å²) in [5.74, 6) is 0. The molecule has 0 atom stereocenters. The monoisotopic (exact) mass is 907 g/mol. The number of nitrogens with one attached hydrogen (secondary N) is 1. The molecule has 1 N–H and O–H groups in total. The lowest BCUT2D eigenvalue weighted by Gasteiger charge is -2.41. The summed E-state index contributed by atoms with van der Waals surface area (Å²) in [6.07, 6.45) is 0. The number of fused-ring (bicyclic) bond motifs is 6. The van der Waals surface area contributed by atoms with Gasteiger partial charge >= 0.3 is 0 Å². The molecule has 10 aromatic rings. The van der Waals surface area contributed by atoms with Crippen molar-refractivity contribution in [3.8, 4) is 33.4 Å². The molecule has 2 aliphatic heterocycles. The van der Waals surface area contributed by atoms with Crippen LogP contribution in [-0.2, 0) is 10.8 Å². The van der Waals surface area contributed by atoms with Gasteiger partial charge in [0.05, 0.1) is 17.1 Å². The van der Waals surface area contributed by atoms with E-state index in [-0.39, 0.29) is 17.5 Å². The molecule has 334 valence electrons. The first-order chi connectivity index (χ1) is 33.5. The van der Waals surface area contributed by atoms with Crippen molar-refractivity contribution in [2.75, 3.05) is 15.1 Å². The lowest BCUT2D eigenvalue weighted by atomic mass is 9.36. The van der Waals surface area contributed by atoms with E-state index >= 15 is 0 Å². The number of benzene rings is 9. The van der Waals surface area contributed by atoms with Crippen molar-refractivity contribution in [3.05, 3.63) is 223 Å². The van der Waals surface area contributed by atoms with E-state index in [0.29, 0.717) is 0 Å². The Morgan fingerprint density at radius 2 is 1.04 bits per heavy atom. The minimum absolute atomic E-state index is 0.00753. The van der Waals surface area contributed by atoms with Crippen LogP contribution in [0.3, 0.4) is 0 Å². The molecule has 0 bridgehead atoms. The number of hydrogen-bond donors (Lipinski definition) is 1. The molecule has 12 rings (SSSR count). The summed E-state index contributed by atoms with van der Waals surface area (Å²) in [4.78, 5) is 5.05. The van der Waals surface area contributed by atoms with E-state index in [1.165, 1.54) is 87.4 Å². The minimum Gasteiger partial charge on any atom is -0.355 e. The summed E-state index contributed by atoms with van der Waals surface area (Å²) in [7, 11) is 0. The van der Waals surface area contributed by atoms with Crippen LogP contribution < -0.4 is 30.8 Å². The maximum Gasteiger partial charge on any atom is 0.264 e. The third-order valence-electron chi connectivity index (χ3n) is 14.2. The fourth-order valence-corrected chi connectivity index (χ4v) is 11.9. The first kappa shape index (κ1) is 42.7. The lowest BCUT2D eigenvalue weighted by Crippen LogP contribution is -2.59. The molecule has 2 aliphatic rings. The van der Waals surface area contributed by atoms with Gasteiger partial charge in [-0.2, -0.15) is 0 Å². The molecule has 3 nitrogen and oxygen atoms in total. The van der Waals surface area contributed by atoms with Gasteiger partial charge in [-0.05, 0) is 116 Å². The van der Waals surface area contributed by atoms with Crippen molar-refractivity contribution in [2.24, 2.45) is 0 Å². The topological polar surface area (TPSA) is 18.5 Å². The maximum absolute atomic E-state index is 4.13. The van der Waals surface area contributed by atoms with Crippen LogP contribution in [0.4, 0.5) is 45.5 Å². The number of rotatable bonds is 7. The summed E-state index contributed by atoms with van der Waals surface area (Å²) >= 11 is 1.93. The van der Waals surface area contributed by atoms with Gasteiger partial charge in [0.15, 0.2) is 0 Å². The molecule has 9 aromatic carbocycles. The first-order valence-corrected chi connectivity index (χ1v) is 25.0. The second-order valence-corrected chi connectivity index (χ2v) is 21.7. The van der Waals surface area contributed by atoms with Crippen LogP contribution in [0.2, 0.25) is 0 Å². The maximum atomic E-state index is 4.13. The van der Waals surface area contributed by atoms with E-state index in [2.05, 4.69) is 269 Å². The zero-order valence-electron chi connectivity index (χ0n) is 40.1. The van der Waals surface area contributed by atoms with Crippen LogP contribution in [0.5, 0.6) is 0 Å². The zero-order chi connectivity index (χ0) is 47.0. The Labute approximate surface area is 411 Å². The lowest BCUT2D eigenvalue weighted by molar-refractivity contribution is 0.590. The quantitative estimate of drug-likeness (QED) is 0.161. The molecule has 1 aromatic heterocycles. The molecule has 0 fully saturated rings. The van der Waals surface area contributed by atoms with Gasteiger partial charge in [0.25, 0.3) is 6.71 Å². The van der Waals surface area contributed by atoms with Crippen LogP contribution >= 0.6 is 11.3 Å². The van der Waals surface area contributed by atoms with E-state index < -0.39 is 0 Å². The molecular weight excluding hydrogens is 854 g/mol. The van der Waals surface area contributed by atoms with Gasteiger partial charge in [-0.3, -0.25) is 0 Å². The molecule has 0 radical (unpaired) electrons. The van der Waals surface area contributed by atoms with Crippen LogP contribution in [0.25, 0.3) is 43.5 Å². The number of para-hydroxylation sites is 2. The van der Waals surface area contributed by atoms with Gasteiger partial charge in [0.1, 0.15) is 0 Å². The molecule has 3 heterocycles. The summed E-state index contributed by atoms with van der Waals surface area (Å²) in [6.45, 7) is 13.8. The van der Waals surface area contributed by atoms with E-state index in [1.54, 1.807) is 0 Å². The number of hydrogen-bond acceptors (Lipinski definition) is 4. The average Bonchev–Trinajstić information content (AvgIpc) is 3.74. The van der Waals surface area contributed by atoms with Gasteiger partial charge in [-0.25, -0.2) is 0 Å². The predicted molar refractivity (Wildman–Crippen MR) is 299 cm³/mol. The molecule has 0 spiro atoms. The van der Waals surface area contributed by atoms with Crippen LogP contribution in [0.15, 0.2) is 212 Å². The van der Waals surface area contributed by atoms with E-state index in [4.69, 9.17) is 0 Å². The smallest absolute Gasteiger partial charge is 0.264 e. The average molecular weight is 908 g/mol. The number of anilines is 8. The highest BCUT2D eigenvalue weighted by molar-refractivity contribution is 7.33. The Morgan fingerprint density at radius 3 is 1.72 bits per heavy atom. The Kier molecular flexibility index (Phi) is 10.3. The summed E-state index contributed by atoms with van der Waals surface area (Å²) in [5.41, 5.74) is 21.5. The molecule has 0 aliphatic carbocycles. The normalized spacial score (nSPS) is 12.8. The summed E-state index contributed by atoms with van der Waals surface area (Å²) in [5, 5.41) is 5.41. The van der Waals surface area contributed by atoms with Gasteiger partial charge in [0, 0.05) is 54.4 Å². The standard InChI is InChI=1S/C64H54BN3S/c1-63(2,3)46-30-33-48(34-31-46)67(55-28-18-16-26-50(55)43-22-12-8-13-23-43)49-35-36-53-57(41-49)68(56-29-19-17-27-51(56)44-24-14-9-15-25-44)58-39-45(42-20-10-7-11-21-42)38-54-60(58)65(53)62-61(66-54)52-40-47(64(4,5)6)32-37-59(52)69-62/h7-41,66H,1-6H3. The molecule has 5 heteroatoms. The highest BCUT2D eigenvalue weighted by atomic mass is 32.1. The molecule has 0 amide bonds. The Balaban J connectivity index is 1.16. The number of nitrogens with zero attached hydrogens (tertiary/aromatic N) is 2. The fourth-order valence-electron chi connectivity index (χ4n) is 10.6. The van der Waals surface area contributed by atoms with Gasteiger partial charge in [-0.15, -0.1) is 11.3 Å². The van der Waals surface area contributed by atoms with Crippen molar-refractivity contribution < 1.29 is 0 Å².